The van der Waals surface area contributed by atoms with E-state index in [1.807, 2.05) is 13.8 Å². The van der Waals surface area contributed by atoms with Crippen LogP contribution in [0.4, 0.5) is 0 Å². The zero-order chi connectivity index (χ0) is 12.6. The third kappa shape index (κ3) is 2.13. The van der Waals surface area contributed by atoms with E-state index in [9.17, 15) is 9.90 Å². The van der Waals surface area contributed by atoms with Gasteiger partial charge in [0.2, 0.25) is 0 Å². The summed E-state index contributed by atoms with van der Waals surface area (Å²) in [4.78, 5) is 11.1. The van der Waals surface area contributed by atoms with Crippen LogP contribution in [0, 0.1) is 5.92 Å². The van der Waals surface area contributed by atoms with Crippen molar-refractivity contribution in [3.63, 3.8) is 0 Å². The van der Waals surface area contributed by atoms with E-state index in [0.29, 0.717) is 17.7 Å². The van der Waals surface area contributed by atoms with Gasteiger partial charge in [0, 0.05) is 12.0 Å². The Morgan fingerprint density at radius 3 is 2.76 bits per heavy atom. The van der Waals surface area contributed by atoms with Crippen LogP contribution < -0.4 is 4.74 Å². The second-order valence-electron chi connectivity index (χ2n) is 4.67. The number of benzene rings is 1. The summed E-state index contributed by atoms with van der Waals surface area (Å²) in [5.41, 5.74) is 0.522. The quantitative estimate of drug-likeness (QED) is 0.826. The number of rotatable bonds is 2. The highest BCUT2D eigenvalue weighted by molar-refractivity contribution is 5.90. The number of hydrogen-bond acceptors (Lipinski definition) is 3. The zero-order valence-electron chi connectivity index (χ0n) is 9.88. The zero-order valence-corrected chi connectivity index (χ0v) is 9.88. The molecule has 0 saturated heterocycles. The van der Waals surface area contributed by atoms with Crippen molar-refractivity contribution in [2.45, 2.75) is 32.5 Å². The largest absolute Gasteiger partial charge is 0.490 e. The minimum absolute atomic E-state index is 0.0680. The molecule has 2 N–H and O–H groups in total. The lowest BCUT2D eigenvalue weighted by molar-refractivity contribution is 0.0400. The molecule has 1 heterocycles. The molecule has 0 spiro atoms. The molecule has 1 aliphatic heterocycles. The van der Waals surface area contributed by atoms with E-state index in [2.05, 4.69) is 0 Å². The Labute approximate surface area is 99.8 Å². The third-order valence-electron chi connectivity index (χ3n) is 3.11. The number of carboxylic acids is 1. The molecule has 0 bridgehead atoms. The molecular weight excluding hydrogens is 220 g/mol. The normalized spacial score (nSPS) is 23.1. The predicted octanol–water partition coefficient (Wildman–Crippen LogP) is 2.23. The van der Waals surface area contributed by atoms with Gasteiger partial charge in [0.15, 0.2) is 0 Å². The van der Waals surface area contributed by atoms with Crippen molar-refractivity contribution in [3.05, 3.63) is 29.3 Å². The SMILES string of the molecule is CC(C)C1CC(O)c2c(cccc2C(=O)O)O1. The molecule has 0 amide bonds. The summed E-state index contributed by atoms with van der Waals surface area (Å²) in [5.74, 6) is -0.263. The molecule has 1 aliphatic rings. The molecule has 0 aromatic heterocycles. The molecule has 0 saturated carbocycles. The van der Waals surface area contributed by atoms with Crippen molar-refractivity contribution in [1.29, 1.82) is 0 Å². The minimum atomic E-state index is -1.03. The van der Waals surface area contributed by atoms with Crippen LogP contribution in [0.3, 0.4) is 0 Å². The van der Waals surface area contributed by atoms with Gasteiger partial charge in [-0.25, -0.2) is 4.79 Å². The maximum absolute atomic E-state index is 11.1. The molecule has 4 heteroatoms. The highest BCUT2D eigenvalue weighted by Crippen LogP contribution is 2.38. The Balaban J connectivity index is 2.44. The van der Waals surface area contributed by atoms with Crippen molar-refractivity contribution in [2.75, 3.05) is 0 Å². The van der Waals surface area contributed by atoms with E-state index in [0.717, 1.165) is 0 Å². The number of carboxylic acid groups (broad SMARTS) is 1. The summed E-state index contributed by atoms with van der Waals surface area (Å²) in [6.45, 7) is 4.03. The maximum Gasteiger partial charge on any atom is 0.336 e. The maximum atomic E-state index is 11.1. The van der Waals surface area contributed by atoms with Crippen molar-refractivity contribution >= 4 is 5.97 Å². The van der Waals surface area contributed by atoms with Crippen LogP contribution in [-0.2, 0) is 0 Å². The van der Waals surface area contributed by atoms with Gasteiger partial charge in [-0.3, -0.25) is 0 Å². The summed E-state index contributed by atoms with van der Waals surface area (Å²) < 4.78 is 5.73. The van der Waals surface area contributed by atoms with E-state index in [1.165, 1.54) is 6.07 Å². The van der Waals surface area contributed by atoms with Crippen LogP contribution >= 0.6 is 0 Å². The highest BCUT2D eigenvalue weighted by Gasteiger charge is 2.32. The van der Waals surface area contributed by atoms with Gasteiger partial charge in [0.1, 0.15) is 11.9 Å². The van der Waals surface area contributed by atoms with Gasteiger partial charge in [0.25, 0.3) is 0 Å². The van der Waals surface area contributed by atoms with Crippen LogP contribution in [0.15, 0.2) is 18.2 Å². The Bertz CT molecular complexity index is 439. The Hall–Kier alpha value is -1.55. The van der Waals surface area contributed by atoms with Crippen LogP contribution in [0.5, 0.6) is 5.75 Å². The summed E-state index contributed by atoms with van der Waals surface area (Å²) in [5, 5.41) is 19.1. The molecule has 17 heavy (non-hydrogen) atoms. The fourth-order valence-electron chi connectivity index (χ4n) is 2.13. The van der Waals surface area contributed by atoms with Gasteiger partial charge in [0.05, 0.1) is 11.7 Å². The van der Waals surface area contributed by atoms with Crippen LogP contribution in [-0.4, -0.2) is 22.3 Å². The summed E-state index contributed by atoms with van der Waals surface area (Å²) in [6.07, 6.45) is -0.394. The first-order chi connectivity index (χ1) is 8.00. The van der Waals surface area contributed by atoms with Crippen molar-refractivity contribution in [3.8, 4) is 5.75 Å². The van der Waals surface area contributed by atoms with Gasteiger partial charge in [-0.15, -0.1) is 0 Å². The van der Waals surface area contributed by atoms with E-state index in [-0.39, 0.29) is 17.6 Å². The second kappa shape index (κ2) is 4.37. The van der Waals surface area contributed by atoms with Gasteiger partial charge in [-0.2, -0.15) is 0 Å². The third-order valence-corrected chi connectivity index (χ3v) is 3.11. The number of aromatic carboxylic acids is 1. The lowest BCUT2D eigenvalue weighted by atomic mass is 9.90. The highest BCUT2D eigenvalue weighted by atomic mass is 16.5. The number of aliphatic hydroxyl groups is 1. The average molecular weight is 236 g/mol. The Morgan fingerprint density at radius 1 is 1.47 bits per heavy atom. The lowest BCUT2D eigenvalue weighted by Gasteiger charge is -2.32. The first-order valence-electron chi connectivity index (χ1n) is 5.71. The molecule has 0 aliphatic carbocycles. The van der Waals surface area contributed by atoms with Crippen LogP contribution in [0.1, 0.15) is 42.3 Å². The number of ether oxygens (including phenoxy) is 1. The average Bonchev–Trinajstić information content (AvgIpc) is 2.27. The van der Waals surface area contributed by atoms with E-state index in [1.54, 1.807) is 12.1 Å². The van der Waals surface area contributed by atoms with Crippen molar-refractivity contribution < 1.29 is 19.7 Å². The van der Waals surface area contributed by atoms with Gasteiger partial charge in [-0.1, -0.05) is 19.9 Å². The molecule has 2 rings (SSSR count). The lowest BCUT2D eigenvalue weighted by Crippen LogP contribution is -2.31. The topological polar surface area (TPSA) is 66.8 Å². The van der Waals surface area contributed by atoms with Crippen molar-refractivity contribution in [2.24, 2.45) is 5.92 Å². The molecule has 92 valence electrons. The Morgan fingerprint density at radius 2 is 2.18 bits per heavy atom. The van der Waals surface area contributed by atoms with Crippen LogP contribution in [0.25, 0.3) is 0 Å². The van der Waals surface area contributed by atoms with Gasteiger partial charge in [-0.05, 0) is 18.1 Å². The van der Waals surface area contributed by atoms with Crippen molar-refractivity contribution in [1.82, 2.24) is 0 Å². The molecule has 0 fully saturated rings. The van der Waals surface area contributed by atoms with Gasteiger partial charge < -0.3 is 14.9 Å². The molecular formula is C13H16O4. The molecule has 2 unspecified atom stereocenters. The van der Waals surface area contributed by atoms with E-state index >= 15 is 0 Å². The fourth-order valence-corrected chi connectivity index (χ4v) is 2.13. The summed E-state index contributed by atoms with van der Waals surface area (Å²) >= 11 is 0. The Kier molecular flexibility index (Phi) is 3.07. The minimum Gasteiger partial charge on any atom is -0.490 e. The smallest absolute Gasteiger partial charge is 0.336 e. The number of hydrogen-bond donors (Lipinski definition) is 2. The molecule has 0 radical (unpaired) electrons. The number of carbonyl (C=O) groups is 1. The first kappa shape index (κ1) is 11.9. The molecule has 2 atom stereocenters. The van der Waals surface area contributed by atoms with Crippen LogP contribution in [0.2, 0.25) is 0 Å². The van der Waals surface area contributed by atoms with E-state index in [4.69, 9.17) is 9.84 Å². The standard InChI is InChI=1S/C13H16O4/c1-7(2)11-6-9(14)12-8(13(15)16)4-3-5-10(12)17-11/h3-5,7,9,11,14H,6H2,1-2H3,(H,15,16). The molecule has 4 nitrogen and oxygen atoms in total. The molecule has 1 aromatic carbocycles. The fraction of sp³-hybridized carbons (Fsp3) is 0.462. The van der Waals surface area contributed by atoms with E-state index < -0.39 is 12.1 Å². The summed E-state index contributed by atoms with van der Waals surface area (Å²) in [7, 11) is 0. The summed E-state index contributed by atoms with van der Waals surface area (Å²) in [6, 6.07) is 4.83. The number of fused-ring (bicyclic) bond motifs is 1. The monoisotopic (exact) mass is 236 g/mol. The predicted molar refractivity (Wildman–Crippen MR) is 62.2 cm³/mol. The first-order valence-corrected chi connectivity index (χ1v) is 5.71. The van der Waals surface area contributed by atoms with Gasteiger partial charge >= 0.3 is 5.97 Å². The second-order valence-corrected chi connectivity index (χ2v) is 4.67. The molecule has 1 aromatic rings. The number of aliphatic hydroxyl groups excluding tert-OH is 1.